The largest absolute Gasteiger partial charge is 0.380 e. The van der Waals surface area contributed by atoms with Crippen LogP contribution in [0.5, 0.6) is 0 Å². The number of carbonyl (C=O) groups is 2. The number of ether oxygens (including phenoxy) is 1. The summed E-state index contributed by atoms with van der Waals surface area (Å²) in [7, 11) is 0. The summed E-state index contributed by atoms with van der Waals surface area (Å²) in [5.74, 6) is -0.234. The van der Waals surface area contributed by atoms with Crippen molar-refractivity contribution in [3.63, 3.8) is 0 Å². The molecule has 3 aliphatic heterocycles. The summed E-state index contributed by atoms with van der Waals surface area (Å²) >= 11 is 0. The summed E-state index contributed by atoms with van der Waals surface area (Å²) in [6.45, 7) is 5.49. The van der Waals surface area contributed by atoms with Crippen molar-refractivity contribution in [3.8, 4) is 0 Å². The molecule has 3 heterocycles. The maximum absolute atomic E-state index is 13.1. The number of anilines is 2. The van der Waals surface area contributed by atoms with Crippen LogP contribution in [-0.4, -0.2) is 75.5 Å². The fraction of sp³-hybridized carbons (Fsp3) is 0.375. The Morgan fingerprint density at radius 2 is 1.81 bits per heavy atom. The van der Waals surface area contributed by atoms with E-state index in [2.05, 4.69) is 20.5 Å². The van der Waals surface area contributed by atoms with Gasteiger partial charge in [-0.25, -0.2) is 0 Å². The topological polar surface area (TPSA) is 86.3 Å². The predicted octanol–water partition coefficient (Wildman–Crippen LogP) is 1.85. The second-order valence-corrected chi connectivity index (χ2v) is 8.67. The molecule has 2 fully saturated rings. The first-order chi connectivity index (χ1) is 15.6. The Hall–Kier alpha value is -3.39. The molecule has 8 nitrogen and oxygen atoms in total. The van der Waals surface area contributed by atoms with Crippen LogP contribution in [0.1, 0.15) is 20.7 Å². The molecule has 0 unspecified atom stereocenters. The maximum atomic E-state index is 13.1. The molecule has 2 aromatic carbocycles. The Morgan fingerprint density at radius 1 is 1.03 bits per heavy atom. The number of hydrogen-bond donors (Lipinski definition) is 2. The minimum absolute atomic E-state index is 0.0566. The van der Waals surface area contributed by atoms with Crippen molar-refractivity contribution in [2.75, 3.05) is 62.7 Å². The molecule has 0 bridgehead atoms. The van der Waals surface area contributed by atoms with E-state index in [9.17, 15) is 9.59 Å². The van der Waals surface area contributed by atoms with Gasteiger partial charge >= 0.3 is 0 Å². The van der Waals surface area contributed by atoms with Crippen LogP contribution < -0.4 is 15.5 Å². The molecule has 0 saturated carbocycles. The van der Waals surface area contributed by atoms with E-state index in [-0.39, 0.29) is 11.8 Å². The Bertz CT molecular complexity index is 1020. The van der Waals surface area contributed by atoms with E-state index in [4.69, 9.17) is 4.74 Å². The molecule has 1 spiro atoms. The van der Waals surface area contributed by atoms with Crippen LogP contribution in [0.4, 0.5) is 11.4 Å². The quantitative estimate of drug-likeness (QED) is 0.755. The second-order valence-electron chi connectivity index (χ2n) is 8.67. The molecule has 0 aromatic heterocycles. The van der Waals surface area contributed by atoms with Gasteiger partial charge in [0.25, 0.3) is 11.8 Å². The van der Waals surface area contributed by atoms with Crippen LogP contribution in [0.25, 0.3) is 0 Å². The Labute approximate surface area is 187 Å². The molecule has 0 radical (unpaired) electrons. The summed E-state index contributed by atoms with van der Waals surface area (Å²) < 4.78 is 5.34. The zero-order valence-electron chi connectivity index (χ0n) is 17.9. The van der Waals surface area contributed by atoms with Gasteiger partial charge in [-0.1, -0.05) is 12.1 Å². The third kappa shape index (κ3) is 4.05. The first-order valence-corrected chi connectivity index (χ1v) is 11.0. The van der Waals surface area contributed by atoms with Crippen LogP contribution in [0.2, 0.25) is 0 Å². The first-order valence-electron chi connectivity index (χ1n) is 11.0. The summed E-state index contributed by atoms with van der Waals surface area (Å²) in [5, 5.41) is 5.98. The third-order valence-electron chi connectivity index (χ3n) is 6.28. The highest BCUT2D eigenvalue weighted by molar-refractivity contribution is 6.01. The number of para-hydroxylation sites is 1. The zero-order valence-corrected chi connectivity index (χ0v) is 17.9. The summed E-state index contributed by atoms with van der Waals surface area (Å²) in [6.07, 6.45) is 1.58. The summed E-state index contributed by atoms with van der Waals surface area (Å²) in [6, 6.07) is 15.1. The molecule has 8 heteroatoms. The van der Waals surface area contributed by atoms with Crippen LogP contribution in [0.15, 0.2) is 53.5 Å². The van der Waals surface area contributed by atoms with Gasteiger partial charge in [0.1, 0.15) is 0 Å². The fourth-order valence-electron chi connectivity index (χ4n) is 4.40. The molecule has 0 atom stereocenters. The molecule has 2 saturated heterocycles. The maximum Gasteiger partial charge on any atom is 0.253 e. The van der Waals surface area contributed by atoms with Gasteiger partial charge in [-0.2, -0.15) is 0 Å². The average molecular weight is 434 g/mol. The van der Waals surface area contributed by atoms with Gasteiger partial charge in [-0.05, 0) is 36.4 Å². The van der Waals surface area contributed by atoms with Gasteiger partial charge in [0, 0.05) is 44.0 Å². The highest BCUT2D eigenvalue weighted by atomic mass is 16.5. The summed E-state index contributed by atoms with van der Waals surface area (Å²) in [5.41, 5.74) is 3.39. The molecular weight excluding hydrogens is 406 g/mol. The Morgan fingerprint density at radius 3 is 2.56 bits per heavy atom. The monoisotopic (exact) mass is 433 g/mol. The van der Waals surface area contributed by atoms with E-state index in [1.54, 1.807) is 17.3 Å². The summed E-state index contributed by atoms with van der Waals surface area (Å²) in [4.78, 5) is 34.1. The number of nitrogens with zero attached hydrogens (tertiary/aromatic N) is 3. The Kier molecular flexibility index (Phi) is 5.53. The lowest BCUT2D eigenvalue weighted by Gasteiger charge is -2.56. The van der Waals surface area contributed by atoms with Crippen LogP contribution in [0.3, 0.4) is 0 Å². The molecule has 0 aliphatic carbocycles. The van der Waals surface area contributed by atoms with Crippen molar-refractivity contribution in [1.82, 2.24) is 10.2 Å². The minimum atomic E-state index is -0.178. The number of fused-ring (bicyclic) bond motifs is 1. The van der Waals surface area contributed by atoms with Gasteiger partial charge in [-0.3, -0.25) is 14.6 Å². The van der Waals surface area contributed by atoms with E-state index in [1.165, 1.54) is 0 Å². The van der Waals surface area contributed by atoms with Crippen molar-refractivity contribution in [3.05, 3.63) is 59.7 Å². The number of nitrogens with one attached hydrogen (secondary N) is 2. The number of rotatable bonds is 2. The molecule has 5 rings (SSSR count). The van der Waals surface area contributed by atoms with Crippen LogP contribution in [-0.2, 0) is 4.74 Å². The van der Waals surface area contributed by atoms with Gasteiger partial charge in [0.2, 0.25) is 0 Å². The fourth-order valence-corrected chi connectivity index (χ4v) is 4.40. The first kappa shape index (κ1) is 20.5. The van der Waals surface area contributed by atoms with E-state index in [0.29, 0.717) is 48.4 Å². The number of aliphatic imine (C=N–C) groups is 1. The molecule has 2 aromatic rings. The molecule has 3 aliphatic rings. The van der Waals surface area contributed by atoms with Gasteiger partial charge in [-0.15, -0.1) is 0 Å². The molecular formula is C24H27N5O3. The number of benzene rings is 2. The smallest absolute Gasteiger partial charge is 0.253 e. The second kappa shape index (κ2) is 8.63. The number of hydrogen-bond acceptors (Lipinski definition) is 6. The predicted molar refractivity (Wildman–Crippen MR) is 124 cm³/mol. The van der Waals surface area contributed by atoms with Gasteiger partial charge in [0.05, 0.1) is 42.8 Å². The van der Waals surface area contributed by atoms with E-state index >= 15 is 0 Å². The van der Waals surface area contributed by atoms with Crippen molar-refractivity contribution < 1.29 is 14.3 Å². The van der Waals surface area contributed by atoms with E-state index in [0.717, 1.165) is 32.0 Å². The lowest BCUT2D eigenvalue weighted by atomic mass is 9.78. The van der Waals surface area contributed by atoms with Gasteiger partial charge < -0.3 is 25.2 Å². The van der Waals surface area contributed by atoms with Crippen LogP contribution >= 0.6 is 0 Å². The molecule has 166 valence electrons. The lowest BCUT2D eigenvalue weighted by Crippen LogP contribution is -2.66. The molecule has 2 N–H and O–H groups in total. The number of carbonyl (C=O) groups excluding carboxylic acids is 2. The van der Waals surface area contributed by atoms with E-state index in [1.807, 2.05) is 42.5 Å². The molecule has 32 heavy (non-hydrogen) atoms. The zero-order chi connectivity index (χ0) is 22.0. The van der Waals surface area contributed by atoms with Crippen molar-refractivity contribution >= 4 is 29.5 Å². The number of amides is 2. The minimum Gasteiger partial charge on any atom is -0.380 e. The molecule has 2 amide bonds. The van der Waals surface area contributed by atoms with Gasteiger partial charge in [0.15, 0.2) is 0 Å². The SMILES string of the molecule is O=C1NCCN(C(=O)c2ccc(N3CC4(COC4)C3)cc2)CCN=CNc2ccccc21. The highest BCUT2D eigenvalue weighted by Gasteiger charge is 2.49. The van der Waals surface area contributed by atoms with E-state index < -0.39 is 0 Å². The highest BCUT2D eigenvalue weighted by Crippen LogP contribution is 2.40. The standard InChI is InChI=1S/C24H27N5O3/c30-22-20-3-1-2-4-21(20)27-17-25-9-11-28(12-10-26-22)23(31)18-5-7-19(8-6-18)29-13-24(14-29)15-32-16-24/h1-8,17H,9-16H2,(H,25,27)(H,26,30). The van der Waals surface area contributed by atoms with Crippen molar-refractivity contribution in [1.29, 1.82) is 0 Å². The average Bonchev–Trinajstić information content (AvgIpc) is 2.75. The third-order valence-corrected chi connectivity index (χ3v) is 6.28. The normalized spacial score (nSPS) is 20.1. The lowest BCUT2D eigenvalue weighted by molar-refractivity contribution is -0.127. The van der Waals surface area contributed by atoms with Crippen LogP contribution in [0, 0.1) is 5.41 Å². The van der Waals surface area contributed by atoms with Crippen molar-refractivity contribution in [2.45, 2.75) is 0 Å². The van der Waals surface area contributed by atoms with Crippen molar-refractivity contribution in [2.24, 2.45) is 10.4 Å². The Balaban J connectivity index is 1.23.